The highest BCUT2D eigenvalue weighted by Crippen LogP contribution is 2.56. The molecule has 1 N–H and O–H groups in total. The molecule has 18 heavy (non-hydrogen) atoms. The minimum Gasteiger partial charge on any atom is -0.481 e. The molecule has 0 radical (unpaired) electrons. The first kappa shape index (κ1) is 12.5. The smallest absolute Gasteiger partial charge is 0.307 e. The fourth-order valence-corrected chi connectivity index (χ4v) is 4.26. The van der Waals surface area contributed by atoms with Gasteiger partial charge in [0.05, 0.1) is 5.92 Å². The maximum absolute atomic E-state index is 11.4. The van der Waals surface area contributed by atoms with E-state index in [9.17, 15) is 9.90 Å². The summed E-state index contributed by atoms with van der Waals surface area (Å²) in [6.45, 7) is 9.11. The second kappa shape index (κ2) is 3.72. The molecule has 2 aliphatic carbocycles. The number of carboxylic acid groups (broad SMARTS) is 1. The number of rotatable bonds is 2. The lowest BCUT2D eigenvalue weighted by molar-refractivity contribution is -0.153. The van der Waals surface area contributed by atoms with Crippen molar-refractivity contribution in [3.05, 3.63) is 0 Å². The van der Waals surface area contributed by atoms with Gasteiger partial charge in [0.2, 0.25) is 0 Å². The number of nitrogens with zero attached hydrogens (tertiary/aromatic N) is 1. The average molecular weight is 251 g/mol. The minimum absolute atomic E-state index is 0.0823. The predicted octanol–water partition coefficient (Wildman–Crippen LogP) is 2.61. The Morgan fingerprint density at radius 3 is 2.33 bits per heavy atom. The van der Waals surface area contributed by atoms with Gasteiger partial charge in [-0.05, 0) is 42.4 Å². The van der Waals surface area contributed by atoms with Crippen LogP contribution in [-0.4, -0.2) is 35.1 Å². The summed E-state index contributed by atoms with van der Waals surface area (Å²) >= 11 is 0. The monoisotopic (exact) mass is 251 g/mol. The SMILES string of the molecule is CC1C(N2CC3(CC3)C2)CCC(C(=O)O)C1(C)C. The molecule has 0 aromatic rings. The van der Waals surface area contributed by atoms with E-state index in [4.69, 9.17) is 0 Å². The van der Waals surface area contributed by atoms with E-state index in [0.29, 0.717) is 17.4 Å². The molecule has 3 rings (SSSR count). The van der Waals surface area contributed by atoms with E-state index in [1.165, 1.54) is 25.9 Å². The Balaban J connectivity index is 1.70. The van der Waals surface area contributed by atoms with Crippen LogP contribution in [0.4, 0.5) is 0 Å². The molecule has 102 valence electrons. The lowest BCUT2D eigenvalue weighted by atomic mass is 9.60. The van der Waals surface area contributed by atoms with Gasteiger partial charge in [0, 0.05) is 19.1 Å². The summed E-state index contributed by atoms with van der Waals surface area (Å²) in [6, 6.07) is 0.613. The third kappa shape index (κ3) is 1.70. The first-order valence-electron chi connectivity index (χ1n) is 7.33. The molecule has 3 nitrogen and oxygen atoms in total. The van der Waals surface area contributed by atoms with Crippen molar-refractivity contribution < 1.29 is 9.90 Å². The second-order valence-corrected chi connectivity index (χ2v) is 7.55. The summed E-state index contributed by atoms with van der Waals surface area (Å²) in [5, 5.41) is 9.37. The third-order valence-electron chi connectivity index (χ3n) is 6.20. The molecule has 0 aromatic carbocycles. The van der Waals surface area contributed by atoms with Gasteiger partial charge in [0.15, 0.2) is 0 Å². The summed E-state index contributed by atoms with van der Waals surface area (Å²) in [4.78, 5) is 14.0. The first-order valence-corrected chi connectivity index (χ1v) is 7.33. The molecule has 2 saturated carbocycles. The van der Waals surface area contributed by atoms with Crippen molar-refractivity contribution >= 4 is 5.97 Å². The zero-order valence-electron chi connectivity index (χ0n) is 11.8. The highest BCUT2D eigenvalue weighted by molar-refractivity contribution is 5.71. The Bertz CT molecular complexity index is 365. The summed E-state index contributed by atoms with van der Waals surface area (Å²) in [6.07, 6.45) is 4.76. The van der Waals surface area contributed by atoms with E-state index >= 15 is 0 Å². The van der Waals surface area contributed by atoms with Crippen molar-refractivity contribution in [1.29, 1.82) is 0 Å². The largest absolute Gasteiger partial charge is 0.481 e. The highest BCUT2D eigenvalue weighted by Gasteiger charge is 2.56. The number of carbonyl (C=O) groups is 1. The van der Waals surface area contributed by atoms with Crippen LogP contribution in [0.5, 0.6) is 0 Å². The van der Waals surface area contributed by atoms with Gasteiger partial charge in [-0.3, -0.25) is 9.69 Å². The number of hydrogen-bond acceptors (Lipinski definition) is 2. The molecule has 1 aliphatic heterocycles. The summed E-state index contributed by atoms with van der Waals surface area (Å²) in [5.41, 5.74) is 0.620. The second-order valence-electron chi connectivity index (χ2n) is 7.55. The van der Waals surface area contributed by atoms with Crippen molar-refractivity contribution in [2.45, 2.75) is 52.5 Å². The molecule has 0 aromatic heterocycles. The Labute approximate surface area is 110 Å². The Hall–Kier alpha value is -0.570. The molecular weight excluding hydrogens is 226 g/mol. The lowest BCUT2D eigenvalue weighted by Crippen LogP contribution is -2.60. The number of carboxylic acids is 1. The van der Waals surface area contributed by atoms with Gasteiger partial charge in [0.25, 0.3) is 0 Å². The van der Waals surface area contributed by atoms with Crippen LogP contribution in [0.3, 0.4) is 0 Å². The zero-order valence-corrected chi connectivity index (χ0v) is 11.8. The molecule has 3 unspecified atom stereocenters. The van der Waals surface area contributed by atoms with E-state index in [-0.39, 0.29) is 11.3 Å². The number of aliphatic carboxylic acids is 1. The third-order valence-corrected chi connectivity index (χ3v) is 6.20. The average Bonchev–Trinajstić information content (AvgIpc) is 2.99. The van der Waals surface area contributed by atoms with E-state index in [1.807, 2.05) is 0 Å². The fourth-order valence-electron chi connectivity index (χ4n) is 4.26. The van der Waals surface area contributed by atoms with Crippen molar-refractivity contribution in [2.75, 3.05) is 13.1 Å². The molecule has 3 fully saturated rings. The van der Waals surface area contributed by atoms with Crippen LogP contribution in [-0.2, 0) is 4.79 Å². The zero-order chi connectivity index (χ0) is 13.1. The molecule has 0 bridgehead atoms. The van der Waals surface area contributed by atoms with Gasteiger partial charge in [-0.1, -0.05) is 20.8 Å². The standard InChI is InChI=1S/C15H25NO2/c1-10-12(16-8-15(9-16)6-7-15)5-4-11(13(17)18)14(10,2)3/h10-12H,4-9H2,1-3H3,(H,17,18). The van der Waals surface area contributed by atoms with E-state index < -0.39 is 5.97 Å². The molecule has 1 saturated heterocycles. The number of likely N-dealkylation sites (tertiary alicyclic amines) is 1. The molecule has 3 atom stereocenters. The minimum atomic E-state index is -0.604. The van der Waals surface area contributed by atoms with Crippen LogP contribution in [0.25, 0.3) is 0 Å². The van der Waals surface area contributed by atoms with Gasteiger partial charge in [-0.15, -0.1) is 0 Å². The van der Waals surface area contributed by atoms with Gasteiger partial charge in [-0.2, -0.15) is 0 Å². The normalized spacial score (nSPS) is 41.4. The predicted molar refractivity (Wildman–Crippen MR) is 70.3 cm³/mol. The van der Waals surface area contributed by atoms with E-state index in [2.05, 4.69) is 25.7 Å². The van der Waals surface area contributed by atoms with Crippen LogP contribution in [0.1, 0.15) is 46.5 Å². The van der Waals surface area contributed by atoms with E-state index in [0.717, 1.165) is 12.8 Å². The van der Waals surface area contributed by atoms with Crippen LogP contribution in [0.15, 0.2) is 0 Å². The van der Waals surface area contributed by atoms with Gasteiger partial charge >= 0.3 is 5.97 Å². The topological polar surface area (TPSA) is 40.5 Å². The Kier molecular flexibility index (Phi) is 2.58. The molecule has 3 aliphatic rings. The van der Waals surface area contributed by atoms with Crippen molar-refractivity contribution in [2.24, 2.45) is 22.7 Å². The van der Waals surface area contributed by atoms with Crippen LogP contribution < -0.4 is 0 Å². The molecule has 3 heteroatoms. The quantitative estimate of drug-likeness (QED) is 0.820. The molecule has 1 heterocycles. The summed E-state index contributed by atoms with van der Waals surface area (Å²) in [7, 11) is 0. The lowest BCUT2D eigenvalue weighted by Gasteiger charge is -2.54. The van der Waals surface area contributed by atoms with Gasteiger partial charge in [0.1, 0.15) is 0 Å². The first-order chi connectivity index (χ1) is 8.36. The molecule has 1 spiro atoms. The Morgan fingerprint density at radius 1 is 1.22 bits per heavy atom. The van der Waals surface area contributed by atoms with Crippen molar-refractivity contribution in [3.8, 4) is 0 Å². The van der Waals surface area contributed by atoms with Gasteiger partial charge < -0.3 is 5.11 Å². The summed E-state index contributed by atoms with van der Waals surface area (Å²) < 4.78 is 0. The highest BCUT2D eigenvalue weighted by atomic mass is 16.4. The van der Waals surface area contributed by atoms with Crippen LogP contribution in [0, 0.1) is 22.7 Å². The van der Waals surface area contributed by atoms with Crippen molar-refractivity contribution in [3.63, 3.8) is 0 Å². The molecular formula is C15H25NO2. The maximum atomic E-state index is 11.4. The number of hydrogen-bond donors (Lipinski definition) is 1. The van der Waals surface area contributed by atoms with Crippen LogP contribution in [0.2, 0.25) is 0 Å². The Morgan fingerprint density at radius 2 is 1.83 bits per heavy atom. The maximum Gasteiger partial charge on any atom is 0.307 e. The van der Waals surface area contributed by atoms with E-state index in [1.54, 1.807) is 0 Å². The van der Waals surface area contributed by atoms with Crippen LogP contribution >= 0.6 is 0 Å². The van der Waals surface area contributed by atoms with Crippen molar-refractivity contribution in [1.82, 2.24) is 4.90 Å². The summed E-state index contributed by atoms with van der Waals surface area (Å²) in [5.74, 6) is -0.295. The van der Waals surface area contributed by atoms with Gasteiger partial charge in [-0.25, -0.2) is 0 Å². The fraction of sp³-hybridized carbons (Fsp3) is 0.933. The molecule has 0 amide bonds.